The molecule has 1 aromatic carbocycles. The van der Waals surface area contributed by atoms with Crippen molar-refractivity contribution < 1.29 is 18.0 Å². The molecule has 0 spiro atoms. The van der Waals surface area contributed by atoms with Crippen LogP contribution in [0.4, 0.5) is 13.2 Å². The van der Waals surface area contributed by atoms with Crippen LogP contribution in [0, 0.1) is 0 Å². The molecule has 0 saturated carbocycles. The lowest BCUT2D eigenvalue weighted by Crippen LogP contribution is -2.07. The van der Waals surface area contributed by atoms with Gasteiger partial charge in [-0.15, -0.1) is 11.8 Å². The Morgan fingerprint density at radius 3 is 2.24 bits per heavy atom. The van der Waals surface area contributed by atoms with Gasteiger partial charge in [0.15, 0.2) is 5.78 Å². The molecule has 0 fully saturated rings. The predicted molar refractivity (Wildman–Crippen MR) is 66.5 cm³/mol. The molecule has 0 bridgehead atoms. The number of rotatable bonds is 3. The van der Waals surface area contributed by atoms with Gasteiger partial charge in [0.1, 0.15) is 0 Å². The molecular formula is C11H9F3OS2. The summed E-state index contributed by atoms with van der Waals surface area (Å²) in [7, 11) is 0. The summed E-state index contributed by atoms with van der Waals surface area (Å²) in [6, 6.07) is 4.15. The second-order valence-electron chi connectivity index (χ2n) is 3.25. The van der Waals surface area contributed by atoms with E-state index in [1.165, 1.54) is 23.9 Å². The van der Waals surface area contributed by atoms with Gasteiger partial charge in [-0.1, -0.05) is 24.4 Å². The molecule has 0 heterocycles. The number of hydrogen-bond donors (Lipinski definition) is 0. The maximum absolute atomic E-state index is 12.3. The third-order valence-electron chi connectivity index (χ3n) is 2.07. The summed E-state index contributed by atoms with van der Waals surface area (Å²) in [6.07, 6.45) is -2.56. The zero-order valence-corrected chi connectivity index (χ0v) is 10.5. The van der Waals surface area contributed by atoms with E-state index < -0.39 is 11.7 Å². The molecule has 1 aromatic rings. The molecule has 0 unspecified atom stereocenters. The molecule has 0 saturated heterocycles. The van der Waals surface area contributed by atoms with Crippen molar-refractivity contribution in [3.05, 3.63) is 35.4 Å². The van der Waals surface area contributed by atoms with Crippen LogP contribution in [0.15, 0.2) is 24.3 Å². The Labute approximate surface area is 106 Å². The normalized spacial score (nSPS) is 11.3. The van der Waals surface area contributed by atoms with E-state index in [0.717, 1.165) is 12.1 Å². The van der Waals surface area contributed by atoms with Crippen LogP contribution in [0.1, 0.15) is 22.3 Å². The lowest BCUT2D eigenvalue weighted by Gasteiger charge is -2.07. The molecular weight excluding hydrogens is 269 g/mol. The molecule has 0 aliphatic heterocycles. The number of carbonyl (C=O) groups is 1. The maximum Gasteiger partial charge on any atom is 0.416 e. The summed E-state index contributed by atoms with van der Waals surface area (Å²) in [5.74, 6) is -0.266. The Balaban J connectivity index is 2.81. The van der Waals surface area contributed by atoms with Crippen molar-refractivity contribution in [2.45, 2.75) is 12.6 Å². The summed E-state index contributed by atoms with van der Waals surface area (Å²) in [4.78, 5) is 11.6. The van der Waals surface area contributed by atoms with Crippen molar-refractivity contribution in [1.29, 1.82) is 0 Å². The fourth-order valence-corrected chi connectivity index (χ4v) is 1.56. The highest BCUT2D eigenvalue weighted by Crippen LogP contribution is 2.29. The van der Waals surface area contributed by atoms with Crippen molar-refractivity contribution in [1.82, 2.24) is 0 Å². The van der Waals surface area contributed by atoms with Gasteiger partial charge >= 0.3 is 6.18 Å². The summed E-state index contributed by atoms with van der Waals surface area (Å²) >= 11 is 6.16. The van der Waals surface area contributed by atoms with Gasteiger partial charge in [0.25, 0.3) is 0 Å². The van der Waals surface area contributed by atoms with Crippen LogP contribution in [-0.4, -0.2) is 16.2 Å². The van der Waals surface area contributed by atoms with Gasteiger partial charge in [-0.05, 0) is 18.4 Å². The third-order valence-corrected chi connectivity index (χ3v) is 3.31. The Kier molecular flexibility index (Phi) is 4.70. The molecule has 1 rings (SSSR count). The Morgan fingerprint density at radius 1 is 1.29 bits per heavy atom. The number of halogens is 3. The standard InChI is InChI=1S/C11H9F3OS2/c1-17-10(16)6-9(15)7-2-4-8(5-3-7)11(12,13)14/h2-5H,6H2,1H3. The number of thioether (sulfide) groups is 1. The highest BCUT2D eigenvalue weighted by atomic mass is 32.2. The van der Waals surface area contributed by atoms with Crippen molar-refractivity contribution >= 4 is 34.0 Å². The van der Waals surface area contributed by atoms with Gasteiger partial charge < -0.3 is 0 Å². The number of alkyl halides is 3. The van der Waals surface area contributed by atoms with Crippen LogP contribution in [0.5, 0.6) is 0 Å². The van der Waals surface area contributed by atoms with E-state index in [-0.39, 0.29) is 17.8 Å². The molecule has 0 radical (unpaired) electrons. The average molecular weight is 278 g/mol. The van der Waals surface area contributed by atoms with Crippen LogP contribution >= 0.6 is 24.0 Å². The smallest absolute Gasteiger partial charge is 0.294 e. The van der Waals surface area contributed by atoms with Crippen LogP contribution in [-0.2, 0) is 6.18 Å². The third kappa shape index (κ3) is 4.12. The van der Waals surface area contributed by atoms with Crippen molar-refractivity contribution in [3.63, 3.8) is 0 Å². The molecule has 0 aromatic heterocycles. The number of hydrogen-bond acceptors (Lipinski definition) is 3. The van der Waals surface area contributed by atoms with E-state index in [2.05, 4.69) is 0 Å². The molecule has 92 valence electrons. The van der Waals surface area contributed by atoms with E-state index in [4.69, 9.17) is 12.2 Å². The van der Waals surface area contributed by atoms with Crippen LogP contribution in [0.3, 0.4) is 0 Å². The Bertz CT molecular complexity index is 423. The number of thiocarbonyl (C=S) groups is 1. The summed E-state index contributed by atoms with van der Waals surface area (Å²) < 4.78 is 37.4. The van der Waals surface area contributed by atoms with Crippen LogP contribution < -0.4 is 0 Å². The van der Waals surface area contributed by atoms with Crippen LogP contribution in [0.2, 0.25) is 0 Å². The predicted octanol–water partition coefficient (Wildman–Crippen LogP) is 3.97. The highest BCUT2D eigenvalue weighted by Gasteiger charge is 2.30. The molecule has 17 heavy (non-hydrogen) atoms. The van der Waals surface area contributed by atoms with Crippen molar-refractivity contribution in [3.8, 4) is 0 Å². The first-order valence-corrected chi connectivity index (χ1v) is 6.25. The van der Waals surface area contributed by atoms with Crippen molar-refractivity contribution in [2.75, 3.05) is 6.26 Å². The van der Waals surface area contributed by atoms with Gasteiger partial charge in [-0.25, -0.2) is 0 Å². The van der Waals surface area contributed by atoms with Gasteiger partial charge in [-0.2, -0.15) is 13.2 Å². The highest BCUT2D eigenvalue weighted by molar-refractivity contribution is 8.22. The van der Waals surface area contributed by atoms with E-state index in [0.29, 0.717) is 4.20 Å². The molecule has 0 N–H and O–H groups in total. The zero-order chi connectivity index (χ0) is 13.1. The van der Waals surface area contributed by atoms with E-state index in [9.17, 15) is 18.0 Å². The fraction of sp³-hybridized carbons (Fsp3) is 0.273. The zero-order valence-electron chi connectivity index (χ0n) is 8.88. The number of benzene rings is 1. The van der Waals surface area contributed by atoms with Gasteiger partial charge in [0, 0.05) is 5.56 Å². The first-order valence-electron chi connectivity index (χ1n) is 4.62. The second-order valence-corrected chi connectivity index (χ2v) is 4.90. The number of carbonyl (C=O) groups excluding carboxylic acids is 1. The summed E-state index contributed by atoms with van der Waals surface area (Å²) in [6.45, 7) is 0. The summed E-state index contributed by atoms with van der Waals surface area (Å²) in [5.41, 5.74) is -0.518. The lowest BCUT2D eigenvalue weighted by molar-refractivity contribution is -0.137. The molecule has 0 aliphatic rings. The van der Waals surface area contributed by atoms with E-state index in [1.807, 2.05) is 0 Å². The molecule has 0 amide bonds. The first-order chi connectivity index (χ1) is 7.84. The minimum Gasteiger partial charge on any atom is -0.294 e. The Morgan fingerprint density at radius 2 is 1.82 bits per heavy atom. The van der Waals surface area contributed by atoms with Gasteiger partial charge in [0.05, 0.1) is 16.2 Å². The fourth-order valence-electron chi connectivity index (χ4n) is 1.15. The lowest BCUT2D eigenvalue weighted by atomic mass is 10.1. The minimum atomic E-state index is -4.38. The maximum atomic E-state index is 12.3. The first kappa shape index (κ1) is 14.2. The van der Waals surface area contributed by atoms with Crippen molar-refractivity contribution in [2.24, 2.45) is 0 Å². The molecule has 0 aliphatic carbocycles. The monoisotopic (exact) mass is 278 g/mol. The minimum absolute atomic E-state index is 0.0713. The second kappa shape index (κ2) is 5.64. The molecule has 1 nitrogen and oxygen atoms in total. The average Bonchev–Trinajstić information content (AvgIpc) is 2.27. The number of Topliss-reactive ketones (excluding diaryl/α,β-unsaturated/α-hetero) is 1. The molecule has 0 atom stereocenters. The van der Waals surface area contributed by atoms with E-state index >= 15 is 0 Å². The molecule has 6 heteroatoms. The van der Waals surface area contributed by atoms with E-state index in [1.54, 1.807) is 6.26 Å². The SMILES string of the molecule is CSC(=S)CC(=O)c1ccc(C(F)(F)F)cc1. The largest absolute Gasteiger partial charge is 0.416 e. The van der Waals surface area contributed by atoms with Crippen LogP contribution in [0.25, 0.3) is 0 Å². The quantitative estimate of drug-likeness (QED) is 0.615. The topological polar surface area (TPSA) is 17.1 Å². The number of ketones is 1. The van der Waals surface area contributed by atoms with Gasteiger partial charge in [-0.3, -0.25) is 4.79 Å². The van der Waals surface area contributed by atoms with Gasteiger partial charge in [0.2, 0.25) is 0 Å². The summed E-state index contributed by atoms with van der Waals surface area (Å²) in [5, 5.41) is 0. The Hall–Kier alpha value is -0.880.